The lowest BCUT2D eigenvalue weighted by atomic mass is 9.86. The summed E-state index contributed by atoms with van der Waals surface area (Å²) in [5, 5.41) is 9.36. The average molecular weight is 390 g/mol. The third kappa shape index (κ3) is 5.04. The van der Waals surface area contributed by atoms with E-state index in [-0.39, 0.29) is 12.5 Å². The number of carbonyl (C=O) groups excluding carboxylic acids is 1. The van der Waals surface area contributed by atoms with Crippen LogP contribution in [-0.4, -0.2) is 91.3 Å². The van der Waals surface area contributed by atoms with Crippen molar-refractivity contribution in [2.75, 3.05) is 59.5 Å². The molecule has 156 valence electrons. The van der Waals surface area contributed by atoms with E-state index >= 15 is 0 Å². The number of rotatable bonds is 7. The minimum Gasteiger partial charge on any atom is -0.493 e. The molecule has 1 N–H and O–H groups in total. The second-order valence-corrected chi connectivity index (χ2v) is 8.00. The maximum absolute atomic E-state index is 13.2. The van der Waals surface area contributed by atoms with Gasteiger partial charge in [0.2, 0.25) is 0 Å². The fourth-order valence-electron chi connectivity index (χ4n) is 4.57. The monoisotopic (exact) mass is 389 g/mol. The Labute approximate surface area is 169 Å². The number of aliphatic hydroxyl groups excluding tert-OH is 1. The van der Waals surface area contributed by atoms with Crippen molar-refractivity contribution in [2.24, 2.45) is 5.92 Å². The third-order valence-electron chi connectivity index (χ3n) is 6.14. The highest BCUT2D eigenvalue weighted by atomic mass is 16.5. The summed E-state index contributed by atoms with van der Waals surface area (Å²) in [7, 11) is 2.18. The molecule has 2 aliphatic rings. The van der Waals surface area contributed by atoms with Crippen LogP contribution >= 0.6 is 0 Å². The predicted octanol–water partition coefficient (Wildman–Crippen LogP) is 1.94. The number of hydrogen-bond acceptors (Lipinski definition) is 5. The zero-order valence-electron chi connectivity index (χ0n) is 17.3. The van der Waals surface area contributed by atoms with Gasteiger partial charge in [0, 0.05) is 51.9 Å². The van der Waals surface area contributed by atoms with E-state index in [9.17, 15) is 9.90 Å². The Morgan fingerprint density at radius 3 is 2.64 bits per heavy atom. The average Bonchev–Trinajstić information content (AvgIpc) is 2.73. The molecule has 6 nitrogen and oxygen atoms in total. The Balaban J connectivity index is 1.70. The second kappa shape index (κ2) is 10.2. The second-order valence-electron chi connectivity index (χ2n) is 8.00. The molecule has 0 radical (unpaired) electrons. The lowest BCUT2D eigenvalue weighted by Gasteiger charge is -2.46. The van der Waals surface area contributed by atoms with Crippen LogP contribution in [0.15, 0.2) is 24.3 Å². The van der Waals surface area contributed by atoms with Crippen LogP contribution in [0.2, 0.25) is 0 Å². The predicted molar refractivity (Wildman–Crippen MR) is 111 cm³/mol. The van der Waals surface area contributed by atoms with Crippen LogP contribution in [0, 0.1) is 5.92 Å². The molecule has 2 saturated heterocycles. The van der Waals surface area contributed by atoms with Gasteiger partial charge in [0.25, 0.3) is 5.91 Å². The molecule has 0 bridgehead atoms. The molecule has 0 saturated carbocycles. The first-order valence-corrected chi connectivity index (χ1v) is 10.7. The minimum atomic E-state index is 0.0647. The Bertz CT molecular complexity index is 631. The third-order valence-corrected chi connectivity index (χ3v) is 6.14. The van der Waals surface area contributed by atoms with Gasteiger partial charge in [-0.2, -0.15) is 0 Å². The number of hydrogen-bond donors (Lipinski definition) is 1. The highest BCUT2D eigenvalue weighted by Crippen LogP contribution is 2.29. The van der Waals surface area contributed by atoms with Crippen LogP contribution in [0.4, 0.5) is 0 Å². The van der Waals surface area contributed by atoms with Crippen molar-refractivity contribution < 1.29 is 14.6 Å². The van der Waals surface area contributed by atoms with Gasteiger partial charge in [-0.3, -0.25) is 9.69 Å². The molecule has 3 rings (SSSR count). The van der Waals surface area contributed by atoms with Crippen LogP contribution in [0.1, 0.15) is 36.5 Å². The number of nitrogens with zero attached hydrogens (tertiary/aromatic N) is 3. The molecular formula is C22H35N3O3. The van der Waals surface area contributed by atoms with E-state index in [1.165, 1.54) is 0 Å². The fourth-order valence-corrected chi connectivity index (χ4v) is 4.57. The summed E-state index contributed by atoms with van der Waals surface area (Å²) in [6, 6.07) is 8.05. The van der Waals surface area contributed by atoms with Crippen LogP contribution in [0.5, 0.6) is 5.75 Å². The molecule has 0 spiro atoms. The molecule has 1 amide bonds. The number of piperazine rings is 1. The van der Waals surface area contributed by atoms with Crippen molar-refractivity contribution in [1.82, 2.24) is 14.7 Å². The summed E-state index contributed by atoms with van der Waals surface area (Å²) in [6.45, 7) is 8.65. The molecule has 1 aromatic rings. The van der Waals surface area contributed by atoms with Gasteiger partial charge in [-0.05, 0) is 51.3 Å². The lowest BCUT2D eigenvalue weighted by molar-refractivity contribution is 0.0216. The van der Waals surface area contributed by atoms with Crippen LogP contribution < -0.4 is 4.74 Å². The van der Waals surface area contributed by atoms with E-state index in [0.717, 1.165) is 58.5 Å². The van der Waals surface area contributed by atoms with Gasteiger partial charge in [0.05, 0.1) is 12.2 Å². The summed E-state index contributed by atoms with van der Waals surface area (Å²) in [6.07, 6.45) is 2.76. The number of aliphatic hydroxyl groups is 1. The summed E-state index contributed by atoms with van der Waals surface area (Å²) in [5.74, 6) is 1.14. The number of amides is 1. The number of benzene rings is 1. The highest BCUT2D eigenvalue weighted by molar-refractivity contribution is 5.97. The van der Waals surface area contributed by atoms with Crippen molar-refractivity contribution in [1.29, 1.82) is 0 Å². The smallest absolute Gasteiger partial charge is 0.257 e. The summed E-state index contributed by atoms with van der Waals surface area (Å²) < 4.78 is 5.67. The zero-order valence-corrected chi connectivity index (χ0v) is 17.3. The molecule has 2 heterocycles. The first-order chi connectivity index (χ1) is 13.6. The zero-order chi connectivity index (χ0) is 19.9. The molecule has 28 heavy (non-hydrogen) atoms. The molecule has 2 atom stereocenters. The number of carbonyl (C=O) groups is 1. The van der Waals surface area contributed by atoms with Crippen molar-refractivity contribution in [3.8, 4) is 5.75 Å². The van der Waals surface area contributed by atoms with Gasteiger partial charge in [0.15, 0.2) is 0 Å². The molecule has 2 fully saturated rings. The molecule has 0 aromatic heterocycles. The summed E-state index contributed by atoms with van der Waals surface area (Å²) in [5.41, 5.74) is 0.656. The Morgan fingerprint density at radius 1 is 1.18 bits per heavy atom. The first kappa shape index (κ1) is 21.1. The normalized spacial score (nSPS) is 24.3. The number of ether oxygens (including phenoxy) is 1. The number of likely N-dealkylation sites (N-methyl/N-ethyl adjacent to an activating group) is 1. The van der Waals surface area contributed by atoms with Gasteiger partial charge < -0.3 is 19.6 Å². The van der Waals surface area contributed by atoms with Crippen molar-refractivity contribution in [2.45, 2.75) is 32.2 Å². The lowest BCUT2D eigenvalue weighted by Crippen LogP contribution is -2.57. The van der Waals surface area contributed by atoms with Crippen LogP contribution in [0.25, 0.3) is 0 Å². The molecule has 6 heteroatoms. The van der Waals surface area contributed by atoms with E-state index in [1.807, 2.05) is 36.1 Å². The first-order valence-electron chi connectivity index (χ1n) is 10.7. The van der Waals surface area contributed by atoms with Gasteiger partial charge in [-0.25, -0.2) is 0 Å². The summed E-state index contributed by atoms with van der Waals surface area (Å²) >= 11 is 0. The van der Waals surface area contributed by atoms with E-state index < -0.39 is 0 Å². The Morgan fingerprint density at radius 2 is 1.93 bits per heavy atom. The van der Waals surface area contributed by atoms with Gasteiger partial charge >= 0.3 is 0 Å². The van der Waals surface area contributed by atoms with Crippen LogP contribution in [0.3, 0.4) is 0 Å². The molecule has 2 aliphatic heterocycles. The van der Waals surface area contributed by atoms with E-state index in [4.69, 9.17) is 4.74 Å². The van der Waals surface area contributed by atoms with Crippen molar-refractivity contribution in [3.05, 3.63) is 29.8 Å². The number of para-hydroxylation sites is 1. The highest BCUT2D eigenvalue weighted by Gasteiger charge is 2.36. The van der Waals surface area contributed by atoms with Crippen molar-refractivity contribution in [3.63, 3.8) is 0 Å². The SMILES string of the molecule is CCOc1ccccc1C(=O)N1CC[C@H](N2CCN(C)CC2)[C@H](CCCO)C1. The van der Waals surface area contributed by atoms with E-state index in [2.05, 4.69) is 16.8 Å². The van der Waals surface area contributed by atoms with E-state index in [0.29, 0.717) is 29.9 Å². The topological polar surface area (TPSA) is 56.2 Å². The molecule has 1 aromatic carbocycles. The summed E-state index contributed by atoms with van der Waals surface area (Å²) in [4.78, 5) is 20.2. The molecule has 0 unspecified atom stereocenters. The molecular weight excluding hydrogens is 354 g/mol. The minimum absolute atomic E-state index is 0.0647. The van der Waals surface area contributed by atoms with E-state index in [1.54, 1.807) is 0 Å². The van der Waals surface area contributed by atoms with Gasteiger partial charge in [-0.15, -0.1) is 0 Å². The number of likely N-dealkylation sites (tertiary alicyclic amines) is 1. The fraction of sp³-hybridized carbons (Fsp3) is 0.682. The number of piperidine rings is 1. The maximum atomic E-state index is 13.2. The quantitative estimate of drug-likeness (QED) is 0.772. The maximum Gasteiger partial charge on any atom is 0.257 e. The van der Waals surface area contributed by atoms with Crippen molar-refractivity contribution >= 4 is 5.91 Å². The van der Waals surface area contributed by atoms with Gasteiger partial charge in [0.1, 0.15) is 5.75 Å². The van der Waals surface area contributed by atoms with Crippen LogP contribution in [-0.2, 0) is 0 Å². The Kier molecular flexibility index (Phi) is 7.71. The van der Waals surface area contributed by atoms with Gasteiger partial charge in [-0.1, -0.05) is 12.1 Å². The molecule has 0 aliphatic carbocycles. The largest absolute Gasteiger partial charge is 0.493 e. The standard InChI is InChI=1S/C22H35N3O3/c1-3-28-21-9-5-4-8-19(21)22(27)25-11-10-20(18(17-25)7-6-16-26)24-14-12-23(2)13-15-24/h4-5,8-9,18,20,26H,3,6-7,10-17H2,1-2H3/t18-,20+/m1/s1. The Hall–Kier alpha value is -1.63.